The number of nitrogens with zero attached hydrogens (tertiary/aromatic N) is 1. The topological polar surface area (TPSA) is 49.4 Å². The lowest BCUT2D eigenvalue weighted by Crippen LogP contribution is -2.48. The average Bonchev–Trinajstić information content (AvgIpc) is 2.74. The van der Waals surface area contributed by atoms with Gasteiger partial charge in [0.05, 0.1) is 5.75 Å². The summed E-state index contributed by atoms with van der Waals surface area (Å²) in [7, 11) is 0. The van der Waals surface area contributed by atoms with Gasteiger partial charge in [-0.05, 0) is 37.1 Å². The number of thioether (sulfide) groups is 1. The monoisotopic (exact) mass is 484 g/mol. The first-order valence-corrected chi connectivity index (χ1v) is 12.1. The van der Waals surface area contributed by atoms with E-state index in [0.29, 0.717) is 27.9 Å². The molecule has 0 saturated carbocycles. The molecule has 0 aliphatic carbocycles. The first kappa shape index (κ1) is 25.5. The van der Waals surface area contributed by atoms with Gasteiger partial charge >= 0.3 is 0 Å². The van der Waals surface area contributed by atoms with Gasteiger partial charge in [0.25, 0.3) is 0 Å². The maximum Gasteiger partial charge on any atom is 0.242 e. The predicted molar refractivity (Wildman–Crippen MR) is 127 cm³/mol. The number of amides is 2. The van der Waals surface area contributed by atoms with Crippen LogP contribution in [0.1, 0.15) is 37.8 Å². The molecular weight excluding hydrogens is 458 g/mol. The highest BCUT2D eigenvalue weighted by Gasteiger charge is 2.26. The Morgan fingerprint density at radius 1 is 1.13 bits per heavy atom. The van der Waals surface area contributed by atoms with Gasteiger partial charge in [0.1, 0.15) is 11.9 Å². The molecule has 168 valence electrons. The summed E-state index contributed by atoms with van der Waals surface area (Å²) in [6.07, 6.45) is 1.81. The van der Waals surface area contributed by atoms with Gasteiger partial charge in [0.15, 0.2) is 0 Å². The second-order valence-corrected chi connectivity index (χ2v) is 8.93. The van der Waals surface area contributed by atoms with Crippen molar-refractivity contribution < 1.29 is 14.0 Å². The van der Waals surface area contributed by atoms with E-state index in [9.17, 15) is 14.0 Å². The summed E-state index contributed by atoms with van der Waals surface area (Å²) in [6.45, 7) is 4.25. The summed E-state index contributed by atoms with van der Waals surface area (Å²) in [6, 6.07) is 10.8. The lowest BCUT2D eigenvalue weighted by Gasteiger charge is -2.29. The molecule has 0 aliphatic heterocycles. The molecule has 0 aromatic heterocycles. The quantitative estimate of drug-likeness (QED) is 0.416. The summed E-state index contributed by atoms with van der Waals surface area (Å²) in [5.41, 5.74) is 1.12. The summed E-state index contributed by atoms with van der Waals surface area (Å²) >= 11 is 13.7. The molecule has 2 rings (SSSR count). The fraction of sp³-hybridized carbons (Fsp3) is 0.391. The Bertz CT molecular complexity index is 877. The number of carbonyl (C=O) groups is 2. The van der Waals surface area contributed by atoms with Crippen molar-refractivity contribution in [3.8, 4) is 0 Å². The standard InChI is InChI=1S/C23H27Cl2FN2O2S/c1-3-4-12-27-23(30)16(2)28(13-17-8-5-6-11-21(17)26)22(29)15-31-14-18-19(24)9-7-10-20(18)25/h5-11,16H,3-4,12-15H2,1-2H3,(H,27,30)/t16-/m1/s1. The van der Waals surface area contributed by atoms with Crippen LogP contribution in [0.4, 0.5) is 4.39 Å². The van der Waals surface area contributed by atoms with Gasteiger partial charge in [-0.3, -0.25) is 9.59 Å². The molecule has 31 heavy (non-hydrogen) atoms. The molecule has 0 saturated heterocycles. The highest BCUT2D eigenvalue weighted by Crippen LogP contribution is 2.28. The lowest BCUT2D eigenvalue weighted by molar-refractivity contribution is -0.138. The molecule has 0 bridgehead atoms. The van der Waals surface area contributed by atoms with Crippen LogP contribution in [-0.4, -0.2) is 35.1 Å². The largest absolute Gasteiger partial charge is 0.354 e. The number of hydrogen-bond acceptors (Lipinski definition) is 3. The third-order valence-corrected chi connectivity index (χ3v) is 6.48. The third-order valence-electron chi connectivity index (χ3n) is 4.83. The zero-order chi connectivity index (χ0) is 22.8. The molecule has 1 atom stereocenters. The van der Waals surface area contributed by atoms with E-state index in [-0.39, 0.29) is 24.1 Å². The van der Waals surface area contributed by atoms with Crippen LogP contribution >= 0.6 is 35.0 Å². The lowest BCUT2D eigenvalue weighted by atomic mass is 10.1. The van der Waals surface area contributed by atoms with Crippen molar-refractivity contribution in [2.24, 2.45) is 0 Å². The van der Waals surface area contributed by atoms with E-state index in [0.717, 1.165) is 18.4 Å². The molecule has 0 heterocycles. The predicted octanol–water partition coefficient (Wildman–Crippen LogP) is 5.70. The van der Waals surface area contributed by atoms with Gasteiger partial charge in [0, 0.05) is 34.5 Å². The third kappa shape index (κ3) is 7.70. The van der Waals surface area contributed by atoms with E-state index in [4.69, 9.17) is 23.2 Å². The van der Waals surface area contributed by atoms with Crippen molar-refractivity contribution >= 4 is 46.8 Å². The maximum absolute atomic E-state index is 14.2. The van der Waals surface area contributed by atoms with E-state index in [1.54, 1.807) is 43.3 Å². The first-order chi connectivity index (χ1) is 14.8. The second-order valence-electron chi connectivity index (χ2n) is 7.13. The van der Waals surface area contributed by atoms with Gasteiger partial charge in [-0.2, -0.15) is 0 Å². The number of carbonyl (C=O) groups excluding carboxylic acids is 2. The molecule has 4 nitrogen and oxygen atoms in total. The van der Waals surface area contributed by atoms with Crippen LogP contribution in [0.3, 0.4) is 0 Å². The van der Waals surface area contributed by atoms with Gasteiger partial charge in [-0.25, -0.2) is 4.39 Å². The van der Waals surface area contributed by atoms with E-state index in [1.165, 1.54) is 22.7 Å². The van der Waals surface area contributed by atoms with E-state index in [2.05, 4.69) is 5.32 Å². The molecule has 0 radical (unpaired) electrons. The summed E-state index contributed by atoms with van der Waals surface area (Å²) in [4.78, 5) is 27.0. The molecule has 0 fully saturated rings. The van der Waals surface area contributed by atoms with Crippen molar-refractivity contribution in [3.63, 3.8) is 0 Å². The average molecular weight is 485 g/mol. The highest BCUT2D eigenvalue weighted by atomic mass is 35.5. The molecule has 2 amide bonds. The Hall–Kier alpha value is -1.76. The molecular formula is C23H27Cl2FN2O2S. The fourth-order valence-electron chi connectivity index (χ4n) is 2.92. The Kier molecular flexibility index (Phi) is 10.6. The van der Waals surface area contributed by atoms with Crippen LogP contribution in [-0.2, 0) is 21.9 Å². The molecule has 0 unspecified atom stereocenters. The van der Waals surface area contributed by atoms with Gasteiger partial charge in [-0.1, -0.05) is 60.8 Å². The van der Waals surface area contributed by atoms with Crippen molar-refractivity contribution in [2.75, 3.05) is 12.3 Å². The zero-order valence-corrected chi connectivity index (χ0v) is 20.0. The maximum atomic E-state index is 14.2. The number of rotatable bonds is 11. The smallest absolute Gasteiger partial charge is 0.242 e. The zero-order valence-electron chi connectivity index (χ0n) is 17.7. The summed E-state index contributed by atoms with van der Waals surface area (Å²) < 4.78 is 14.2. The number of nitrogens with one attached hydrogen (secondary N) is 1. The van der Waals surface area contributed by atoms with Crippen LogP contribution in [0.15, 0.2) is 42.5 Å². The van der Waals surface area contributed by atoms with E-state index >= 15 is 0 Å². The van der Waals surface area contributed by atoms with Crippen LogP contribution in [0.2, 0.25) is 10.0 Å². The normalized spacial score (nSPS) is 11.8. The highest BCUT2D eigenvalue weighted by molar-refractivity contribution is 7.99. The van der Waals surface area contributed by atoms with Gasteiger partial charge in [0.2, 0.25) is 11.8 Å². The number of unbranched alkanes of at least 4 members (excludes halogenated alkanes) is 1. The second kappa shape index (κ2) is 12.9. The van der Waals surface area contributed by atoms with Crippen molar-refractivity contribution in [1.82, 2.24) is 10.2 Å². The Balaban J connectivity index is 2.09. The minimum Gasteiger partial charge on any atom is -0.354 e. The van der Waals surface area contributed by atoms with Crippen molar-refractivity contribution in [3.05, 3.63) is 69.5 Å². The number of halogens is 3. The minimum atomic E-state index is -0.728. The Morgan fingerprint density at radius 2 is 1.81 bits per heavy atom. The molecule has 8 heteroatoms. The molecule has 1 N–H and O–H groups in total. The Morgan fingerprint density at radius 3 is 2.45 bits per heavy atom. The SMILES string of the molecule is CCCCNC(=O)[C@@H](C)N(Cc1ccccc1F)C(=O)CSCc1c(Cl)cccc1Cl. The van der Waals surface area contributed by atoms with Crippen molar-refractivity contribution in [1.29, 1.82) is 0 Å². The first-order valence-electron chi connectivity index (χ1n) is 10.2. The summed E-state index contributed by atoms with van der Waals surface area (Å²) in [5, 5.41) is 3.93. The molecule has 0 spiro atoms. The van der Waals surface area contributed by atoms with E-state index in [1.807, 2.05) is 6.92 Å². The van der Waals surface area contributed by atoms with Crippen LogP contribution < -0.4 is 5.32 Å². The number of hydrogen-bond donors (Lipinski definition) is 1. The summed E-state index contributed by atoms with van der Waals surface area (Å²) in [5.74, 6) is -0.349. The molecule has 0 aliphatic rings. The molecule has 2 aromatic carbocycles. The van der Waals surface area contributed by atoms with Gasteiger partial charge in [-0.15, -0.1) is 11.8 Å². The van der Waals surface area contributed by atoms with Crippen LogP contribution in [0, 0.1) is 5.82 Å². The van der Waals surface area contributed by atoms with Crippen molar-refractivity contribution in [2.45, 2.75) is 45.0 Å². The van der Waals surface area contributed by atoms with Crippen LogP contribution in [0.5, 0.6) is 0 Å². The fourth-order valence-corrected chi connectivity index (χ4v) is 4.57. The van der Waals surface area contributed by atoms with Crippen LogP contribution in [0.25, 0.3) is 0 Å². The molecule has 2 aromatic rings. The van der Waals surface area contributed by atoms with Gasteiger partial charge < -0.3 is 10.2 Å². The number of benzene rings is 2. The van der Waals surface area contributed by atoms with E-state index < -0.39 is 11.9 Å². The minimum absolute atomic E-state index is 0.0152. The Labute approximate surface area is 197 Å².